The van der Waals surface area contributed by atoms with E-state index in [2.05, 4.69) is 22.9 Å². The van der Waals surface area contributed by atoms with Gasteiger partial charge in [0.2, 0.25) is 0 Å². The van der Waals surface area contributed by atoms with E-state index in [9.17, 15) is 14.7 Å². The summed E-state index contributed by atoms with van der Waals surface area (Å²) in [7, 11) is 0. The number of carbonyl (C=O) groups is 2. The molecule has 4 aliphatic carbocycles. The fraction of sp³-hybridized carbons (Fsp3) is 0.913. The average Bonchev–Trinajstić information content (AvgIpc) is 3.08. The van der Waals surface area contributed by atoms with Gasteiger partial charge in [-0.05, 0) is 74.5 Å². The van der Waals surface area contributed by atoms with Crippen molar-refractivity contribution >= 4 is 27.7 Å². The van der Waals surface area contributed by atoms with Crippen molar-refractivity contribution in [2.45, 2.75) is 81.7 Å². The van der Waals surface area contributed by atoms with E-state index in [-0.39, 0.29) is 51.6 Å². The Bertz CT molecular complexity index is 726. The Balaban J connectivity index is 1.41. The number of carbonyl (C=O) groups excluding carboxylic acids is 2. The summed E-state index contributed by atoms with van der Waals surface area (Å²) >= 11 is 4.13. The number of hydrogen-bond donors (Lipinski definition) is 1. The Labute approximate surface area is 181 Å². The van der Waals surface area contributed by atoms with E-state index in [4.69, 9.17) is 9.47 Å². The summed E-state index contributed by atoms with van der Waals surface area (Å²) in [5, 5.41) is 10.4. The molecule has 1 heterocycles. The van der Waals surface area contributed by atoms with Crippen LogP contribution >= 0.6 is 15.9 Å². The van der Waals surface area contributed by atoms with Gasteiger partial charge in [0, 0.05) is 18.3 Å². The summed E-state index contributed by atoms with van der Waals surface area (Å²) < 4.78 is 11.4. The molecule has 1 N–H and O–H groups in total. The van der Waals surface area contributed by atoms with Crippen LogP contribution < -0.4 is 0 Å². The van der Waals surface area contributed by atoms with Crippen molar-refractivity contribution in [1.29, 1.82) is 0 Å². The Morgan fingerprint density at radius 1 is 1.17 bits per heavy atom. The van der Waals surface area contributed by atoms with E-state index >= 15 is 0 Å². The van der Waals surface area contributed by atoms with Crippen molar-refractivity contribution in [1.82, 2.24) is 0 Å². The monoisotopic (exact) mass is 468 g/mol. The fourth-order valence-corrected chi connectivity index (χ4v) is 9.81. The molecule has 5 fully saturated rings. The second-order valence-electron chi connectivity index (χ2n) is 10.7. The van der Waals surface area contributed by atoms with Gasteiger partial charge in [0.15, 0.2) is 5.78 Å². The van der Waals surface area contributed by atoms with Gasteiger partial charge < -0.3 is 14.6 Å². The molecule has 1 saturated heterocycles. The highest BCUT2D eigenvalue weighted by atomic mass is 79.9. The van der Waals surface area contributed by atoms with Gasteiger partial charge in [-0.3, -0.25) is 9.59 Å². The summed E-state index contributed by atoms with van der Waals surface area (Å²) in [6, 6.07) is 0. The van der Waals surface area contributed by atoms with E-state index in [1.165, 1.54) is 6.92 Å². The van der Waals surface area contributed by atoms with Gasteiger partial charge in [-0.1, -0.05) is 22.9 Å². The highest BCUT2D eigenvalue weighted by Crippen LogP contribution is 2.72. The Morgan fingerprint density at radius 3 is 2.72 bits per heavy atom. The lowest BCUT2D eigenvalue weighted by Crippen LogP contribution is -2.63. The first-order chi connectivity index (χ1) is 13.7. The predicted octanol–water partition coefficient (Wildman–Crippen LogP) is 3.64. The zero-order chi connectivity index (χ0) is 20.6. The number of aliphatic hydroxyl groups is 1. The van der Waals surface area contributed by atoms with Crippen LogP contribution in [-0.4, -0.2) is 46.6 Å². The molecule has 9 atom stereocenters. The maximum atomic E-state index is 12.9. The summed E-state index contributed by atoms with van der Waals surface area (Å²) in [5.74, 6) is 1.47. The first-order valence-electron chi connectivity index (χ1n) is 11.4. The number of ether oxygens (including phenoxy) is 2. The maximum Gasteiger partial charge on any atom is 0.303 e. The van der Waals surface area contributed by atoms with E-state index < -0.39 is 0 Å². The van der Waals surface area contributed by atoms with E-state index in [0.29, 0.717) is 17.8 Å². The van der Waals surface area contributed by atoms with Crippen LogP contribution in [-0.2, 0) is 19.1 Å². The van der Waals surface area contributed by atoms with E-state index in [1.807, 2.05) is 0 Å². The number of aliphatic hydroxyl groups excluding tert-OH is 1. The molecular formula is C23H33BrO5. The molecule has 0 spiro atoms. The van der Waals surface area contributed by atoms with Crippen LogP contribution in [0.15, 0.2) is 0 Å². The van der Waals surface area contributed by atoms with Gasteiger partial charge in [0.05, 0.1) is 23.1 Å². The number of fused-ring (bicyclic) bond motifs is 3. The van der Waals surface area contributed by atoms with Crippen LogP contribution in [0, 0.1) is 34.5 Å². The molecule has 2 bridgehead atoms. The number of esters is 1. The minimum Gasteiger partial charge on any atom is -0.458 e. The van der Waals surface area contributed by atoms with Crippen molar-refractivity contribution in [2.24, 2.45) is 34.5 Å². The number of rotatable bonds is 3. The van der Waals surface area contributed by atoms with Gasteiger partial charge in [-0.25, -0.2) is 0 Å². The standard InChI is InChI=1S/C23H33BrO5/c1-13(25)28-11-19(27)18-4-3-16-15-9-20-23(24)10-14(26)5-8-22(23,12-29-20)17(15)6-7-21(16,18)2/h14-18,20,26H,3-12H2,1-2H3/t14?,15?,16?,17?,18-,20+,21+,22+,23+/m1/s1. The highest BCUT2D eigenvalue weighted by molar-refractivity contribution is 9.10. The van der Waals surface area contributed by atoms with E-state index in [1.54, 1.807) is 0 Å². The van der Waals surface area contributed by atoms with Crippen LogP contribution in [0.1, 0.15) is 65.2 Å². The fourth-order valence-electron chi connectivity index (χ4n) is 8.51. The molecule has 0 amide bonds. The lowest BCUT2D eigenvalue weighted by Gasteiger charge is -2.62. The molecule has 0 radical (unpaired) electrons. The van der Waals surface area contributed by atoms with Gasteiger partial charge in [-0.2, -0.15) is 0 Å². The SMILES string of the molecule is CC(=O)OCC(=O)[C@H]1CCC2C3C[C@@H]4OC[C@@]5(CCC(O)C[C@]45Br)C3CC[C@@]21C. The minimum atomic E-state index is -0.380. The highest BCUT2D eigenvalue weighted by Gasteiger charge is 2.72. The maximum absolute atomic E-state index is 12.9. The van der Waals surface area contributed by atoms with Crippen LogP contribution in [0.5, 0.6) is 0 Å². The lowest BCUT2D eigenvalue weighted by molar-refractivity contribution is -0.150. The zero-order valence-corrected chi connectivity index (χ0v) is 19.1. The first kappa shape index (κ1) is 20.4. The predicted molar refractivity (Wildman–Crippen MR) is 110 cm³/mol. The molecule has 5 rings (SSSR count). The normalized spacial score (nSPS) is 53.0. The second kappa shape index (κ2) is 6.77. The Morgan fingerprint density at radius 2 is 1.97 bits per heavy atom. The topological polar surface area (TPSA) is 72.8 Å². The van der Waals surface area contributed by atoms with Crippen molar-refractivity contribution in [3.05, 3.63) is 0 Å². The van der Waals surface area contributed by atoms with Crippen molar-refractivity contribution in [3.8, 4) is 0 Å². The van der Waals surface area contributed by atoms with Gasteiger partial charge in [-0.15, -0.1) is 0 Å². The van der Waals surface area contributed by atoms with Crippen LogP contribution in [0.25, 0.3) is 0 Å². The third kappa shape index (κ3) is 2.70. The van der Waals surface area contributed by atoms with Crippen molar-refractivity contribution < 1.29 is 24.2 Å². The molecule has 6 heteroatoms. The quantitative estimate of drug-likeness (QED) is 0.505. The molecular weight excluding hydrogens is 436 g/mol. The second-order valence-corrected chi connectivity index (χ2v) is 12.2. The zero-order valence-electron chi connectivity index (χ0n) is 17.5. The van der Waals surface area contributed by atoms with E-state index in [0.717, 1.165) is 58.0 Å². The largest absolute Gasteiger partial charge is 0.458 e. The molecule has 5 aliphatic rings. The third-order valence-electron chi connectivity index (χ3n) is 9.78. The Kier molecular flexibility index (Phi) is 4.77. The molecule has 0 aromatic heterocycles. The molecule has 4 saturated carbocycles. The molecule has 162 valence electrons. The number of ketones is 1. The van der Waals surface area contributed by atoms with Crippen molar-refractivity contribution in [2.75, 3.05) is 13.2 Å². The van der Waals surface area contributed by atoms with Gasteiger partial charge in [0.1, 0.15) is 6.61 Å². The molecule has 5 nitrogen and oxygen atoms in total. The molecule has 0 aromatic carbocycles. The number of alkyl halides is 1. The molecule has 1 aliphatic heterocycles. The Hall–Kier alpha value is -0.460. The summed E-state index contributed by atoms with van der Waals surface area (Å²) in [6.45, 7) is 4.42. The molecule has 29 heavy (non-hydrogen) atoms. The minimum absolute atomic E-state index is 0.00713. The van der Waals surface area contributed by atoms with Crippen LogP contribution in [0.3, 0.4) is 0 Å². The third-order valence-corrected chi connectivity index (χ3v) is 11.4. The summed E-state index contributed by atoms with van der Waals surface area (Å²) in [5.41, 5.74) is 0.135. The molecule has 0 aromatic rings. The molecule has 4 unspecified atom stereocenters. The number of Topliss-reactive ketones (excluding diaryl/α,β-unsaturated/α-hetero) is 1. The number of hydrogen-bond acceptors (Lipinski definition) is 5. The number of halogens is 1. The smallest absolute Gasteiger partial charge is 0.303 e. The summed E-state index contributed by atoms with van der Waals surface area (Å²) in [6.07, 6.45) is 7.89. The van der Waals surface area contributed by atoms with Crippen LogP contribution in [0.4, 0.5) is 0 Å². The first-order valence-corrected chi connectivity index (χ1v) is 12.2. The average molecular weight is 469 g/mol. The van der Waals surface area contributed by atoms with Crippen molar-refractivity contribution in [3.63, 3.8) is 0 Å². The summed E-state index contributed by atoms with van der Waals surface area (Å²) in [4.78, 5) is 24.1. The van der Waals surface area contributed by atoms with Crippen LogP contribution in [0.2, 0.25) is 0 Å². The lowest BCUT2D eigenvalue weighted by atomic mass is 9.44. The van der Waals surface area contributed by atoms with Gasteiger partial charge in [0.25, 0.3) is 0 Å². The van der Waals surface area contributed by atoms with Gasteiger partial charge >= 0.3 is 5.97 Å².